The number of anilines is 1. The fourth-order valence-electron chi connectivity index (χ4n) is 3.11. The minimum Gasteiger partial charge on any atom is -0.350 e. The van der Waals surface area contributed by atoms with Crippen molar-refractivity contribution >= 4 is 22.5 Å². The first-order chi connectivity index (χ1) is 11.5. The molecule has 1 atom stereocenters. The van der Waals surface area contributed by atoms with Crippen LogP contribution in [0, 0.1) is 13.8 Å². The van der Waals surface area contributed by atoms with Gasteiger partial charge in [0.1, 0.15) is 5.69 Å². The van der Waals surface area contributed by atoms with Gasteiger partial charge in [0.25, 0.3) is 5.91 Å². The maximum atomic E-state index is 12.8. The molecule has 124 valence electrons. The van der Waals surface area contributed by atoms with E-state index in [9.17, 15) is 4.79 Å². The molecule has 1 amide bonds. The number of nitrogens with one attached hydrogen (secondary N) is 2. The molecule has 0 saturated heterocycles. The van der Waals surface area contributed by atoms with Crippen molar-refractivity contribution in [3.63, 3.8) is 0 Å². The molecule has 0 bridgehead atoms. The maximum Gasteiger partial charge on any atom is 0.272 e. The standard InChI is InChI=1S/C21H24N2O/c1-5-14(3)16-8-6-7-9-18(16)23-21(24)20-15(4)17-12-13(2)10-11-19(17)22-20/h6-12,14,22H,5H2,1-4H3,(H,23,24). The average Bonchev–Trinajstić information content (AvgIpc) is 2.91. The number of aromatic nitrogens is 1. The van der Waals surface area contributed by atoms with Crippen LogP contribution >= 0.6 is 0 Å². The lowest BCUT2D eigenvalue weighted by atomic mass is 9.97. The van der Waals surface area contributed by atoms with E-state index in [2.05, 4.69) is 49.3 Å². The highest BCUT2D eigenvalue weighted by Crippen LogP contribution is 2.28. The SMILES string of the molecule is CCC(C)c1ccccc1NC(=O)c1[nH]c2ccc(C)cc2c1C. The molecule has 3 nitrogen and oxygen atoms in total. The van der Waals surface area contributed by atoms with Gasteiger partial charge in [-0.15, -0.1) is 0 Å². The van der Waals surface area contributed by atoms with Gasteiger partial charge in [-0.1, -0.05) is 43.7 Å². The lowest BCUT2D eigenvalue weighted by molar-refractivity contribution is 0.102. The zero-order valence-electron chi connectivity index (χ0n) is 14.7. The van der Waals surface area contributed by atoms with Crippen LogP contribution in [0.4, 0.5) is 5.69 Å². The molecule has 1 unspecified atom stereocenters. The molecule has 0 aliphatic heterocycles. The summed E-state index contributed by atoms with van der Waals surface area (Å²) in [6, 6.07) is 14.2. The van der Waals surface area contributed by atoms with Gasteiger partial charge in [-0.3, -0.25) is 4.79 Å². The highest BCUT2D eigenvalue weighted by molar-refractivity contribution is 6.08. The van der Waals surface area contributed by atoms with E-state index < -0.39 is 0 Å². The van der Waals surface area contributed by atoms with Crippen LogP contribution in [0.1, 0.15) is 53.4 Å². The summed E-state index contributed by atoms with van der Waals surface area (Å²) in [6.07, 6.45) is 1.04. The van der Waals surface area contributed by atoms with Crippen molar-refractivity contribution in [2.45, 2.75) is 40.0 Å². The molecule has 0 fully saturated rings. The van der Waals surface area contributed by atoms with Gasteiger partial charge in [0, 0.05) is 16.6 Å². The number of hydrogen-bond acceptors (Lipinski definition) is 1. The van der Waals surface area contributed by atoms with Crippen LogP contribution in [0.25, 0.3) is 10.9 Å². The Morgan fingerprint density at radius 2 is 1.92 bits per heavy atom. The number of carbonyl (C=O) groups excluding carboxylic acids is 1. The zero-order chi connectivity index (χ0) is 17.3. The molecule has 3 aromatic rings. The van der Waals surface area contributed by atoms with Crippen LogP contribution in [0.15, 0.2) is 42.5 Å². The van der Waals surface area contributed by atoms with Crippen LogP contribution in [0.3, 0.4) is 0 Å². The molecule has 1 aromatic heterocycles. The van der Waals surface area contributed by atoms with E-state index in [-0.39, 0.29) is 5.91 Å². The van der Waals surface area contributed by atoms with Crippen LogP contribution in [0.5, 0.6) is 0 Å². The van der Waals surface area contributed by atoms with E-state index in [1.54, 1.807) is 0 Å². The number of rotatable bonds is 4. The molecular weight excluding hydrogens is 296 g/mol. The first-order valence-electron chi connectivity index (χ1n) is 8.50. The van der Waals surface area contributed by atoms with E-state index in [4.69, 9.17) is 0 Å². The van der Waals surface area contributed by atoms with Crippen LogP contribution in [0.2, 0.25) is 0 Å². The fraction of sp³-hybridized carbons (Fsp3) is 0.286. The van der Waals surface area contributed by atoms with Crippen LogP contribution in [-0.2, 0) is 0 Å². The van der Waals surface area contributed by atoms with Gasteiger partial charge in [-0.05, 0) is 55.5 Å². The molecule has 2 aromatic carbocycles. The summed E-state index contributed by atoms with van der Waals surface area (Å²) < 4.78 is 0. The predicted molar refractivity (Wildman–Crippen MR) is 101 cm³/mol. The van der Waals surface area contributed by atoms with Crippen molar-refractivity contribution in [2.75, 3.05) is 5.32 Å². The van der Waals surface area contributed by atoms with Gasteiger partial charge in [0.15, 0.2) is 0 Å². The maximum absolute atomic E-state index is 12.8. The number of H-pyrrole nitrogens is 1. The number of amides is 1. The van der Waals surface area contributed by atoms with Gasteiger partial charge < -0.3 is 10.3 Å². The van der Waals surface area contributed by atoms with E-state index >= 15 is 0 Å². The van der Waals surface area contributed by atoms with Crippen LogP contribution in [-0.4, -0.2) is 10.9 Å². The summed E-state index contributed by atoms with van der Waals surface area (Å²) in [4.78, 5) is 16.1. The van der Waals surface area contributed by atoms with E-state index in [0.29, 0.717) is 11.6 Å². The number of hydrogen-bond donors (Lipinski definition) is 2. The van der Waals surface area contributed by atoms with Gasteiger partial charge in [-0.2, -0.15) is 0 Å². The number of carbonyl (C=O) groups is 1. The highest BCUT2D eigenvalue weighted by atomic mass is 16.1. The van der Waals surface area contributed by atoms with Gasteiger partial charge >= 0.3 is 0 Å². The molecule has 1 heterocycles. The minimum atomic E-state index is -0.0860. The Balaban J connectivity index is 1.95. The molecule has 0 radical (unpaired) electrons. The normalized spacial score (nSPS) is 12.3. The summed E-state index contributed by atoms with van der Waals surface area (Å²) in [5.74, 6) is 0.324. The minimum absolute atomic E-state index is 0.0860. The van der Waals surface area contributed by atoms with Crippen LogP contribution < -0.4 is 5.32 Å². The first kappa shape index (κ1) is 16.3. The average molecular weight is 320 g/mol. The Hall–Kier alpha value is -2.55. The molecule has 0 aliphatic carbocycles. The van der Waals surface area contributed by atoms with Crippen molar-refractivity contribution < 1.29 is 4.79 Å². The largest absolute Gasteiger partial charge is 0.350 e. The summed E-state index contributed by atoms with van der Waals surface area (Å²) in [5, 5.41) is 4.20. The molecule has 24 heavy (non-hydrogen) atoms. The lowest BCUT2D eigenvalue weighted by Gasteiger charge is -2.15. The summed E-state index contributed by atoms with van der Waals surface area (Å²) in [5.41, 5.74) is 5.89. The summed E-state index contributed by atoms with van der Waals surface area (Å²) >= 11 is 0. The monoisotopic (exact) mass is 320 g/mol. The van der Waals surface area contributed by atoms with Crippen molar-refractivity contribution in [3.05, 3.63) is 64.8 Å². The van der Waals surface area contributed by atoms with Gasteiger partial charge in [0.2, 0.25) is 0 Å². The number of aromatic amines is 1. The van der Waals surface area contributed by atoms with Gasteiger partial charge in [-0.25, -0.2) is 0 Å². The number of para-hydroxylation sites is 1. The Kier molecular flexibility index (Phi) is 4.43. The molecule has 2 N–H and O–H groups in total. The third-order valence-corrected chi connectivity index (χ3v) is 4.79. The van der Waals surface area contributed by atoms with Gasteiger partial charge in [0.05, 0.1) is 0 Å². The Labute approximate surface area is 143 Å². The number of fused-ring (bicyclic) bond motifs is 1. The Morgan fingerprint density at radius 3 is 2.67 bits per heavy atom. The predicted octanol–water partition coefficient (Wildman–Crippen LogP) is 5.55. The summed E-state index contributed by atoms with van der Waals surface area (Å²) in [6.45, 7) is 8.40. The molecule has 3 heteroatoms. The molecule has 0 spiro atoms. The van der Waals surface area contributed by atoms with Crippen molar-refractivity contribution in [1.29, 1.82) is 0 Å². The molecule has 0 aliphatic rings. The Bertz CT molecular complexity index is 892. The second kappa shape index (κ2) is 6.52. The second-order valence-electron chi connectivity index (χ2n) is 6.52. The first-order valence-corrected chi connectivity index (χ1v) is 8.50. The molecular formula is C21H24N2O. The van der Waals surface area contributed by atoms with Crippen molar-refractivity contribution in [3.8, 4) is 0 Å². The number of aryl methyl sites for hydroxylation is 2. The number of benzene rings is 2. The molecule has 0 saturated carbocycles. The quantitative estimate of drug-likeness (QED) is 0.650. The summed E-state index contributed by atoms with van der Waals surface area (Å²) in [7, 11) is 0. The smallest absolute Gasteiger partial charge is 0.272 e. The fourth-order valence-corrected chi connectivity index (χ4v) is 3.11. The third-order valence-electron chi connectivity index (χ3n) is 4.79. The topological polar surface area (TPSA) is 44.9 Å². The van der Waals surface area contributed by atoms with E-state index in [1.807, 2.05) is 31.2 Å². The third kappa shape index (κ3) is 2.94. The second-order valence-corrected chi connectivity index (χ2v) is 6.52. The highest BCUT2D eigenvalue weighted by Gasteiger charge is 2.17. The lowest BCUT2D eigenvalue weighted by Crippen LogP contribution is -2.15. The van der Waals surface area contributed by atoms with E-state index in [1.165, 1.54) is 11.1 Å². The van der Waals surface area contributed by atoms with Crippen molar-refractivity contribution in [2.24, 2.45) is 0 Å². The van der Waals surface area contributed by atoms with E-state index in [0.717, 1.165) is 28.6 Å². The van der Waals surface area contributed by atoms with Crippen molar-refractivity contribution in [1.82, 2.24) is 4.98 Å². The Morgan fingerprint density at radius 1 is 1.17 bits per heavy atom. The molecule has 3 rings (SSSR count). The zero-order valence-corrected chi connectivity index (χ0v) is 14.7.